The van der Waals surface area contributed by atoms with Crippen LogP contribution in [-0.4, -0.2) is 26.1 Å². The molecule has 2 aromatic rings. The highest BCUT2D eigenvalue weighted by atomic mass is 16.5. The number of nitrogens with one attached hydrogen (secondary N) is 1. The number of para-hydroxylation sites is 1. The molecule has 120 valence electrons. The third-order valence-electron chi connectivity index (χ3n) is 3.41. The topological polar surface area (TPSA) is 64.6 Å². The molecule has 5 nitrogen and oxygen atoms in total. The van der Waals surface area contributed by atoms with Crippen molar-refractivity contribution in [3.8, 4) is 5.75 Å². The van der Waals surface area contributed by atoms with Crippen LogP contribution in [0.4, 0.5) is 5.69 Å². The molecule has 23 heavy (non-hydrogen) atoms. The van der Waals surface area contributed by atoms with E-state index in [1.807, 2.05) is 24.3 Å². The lowest BCUT2D eigenvalue weighted by molar-refractivity contribution is -0.116. The number of methoxy groups -OCH3 is 2. The highest BCUT2D eigenvalue weighted by molar-refractivity contribution is 6.01. The van der Waals surface area contributed by atoms with Crippen molar-refractivity contribution in [3.63, 3.8) is 0 Å². The Balaban J connectivity index is 1.95. The van der Waals surface area contributed by atoms with Gasteiger partial charge in [0.25, 0.3) is 0 Å². The number of anilines is 1. The van der Waals surface area contributed by atoms with E-state index in [9.17, 15) is 9.59 Å². The Labute approximate surface area is 135 Å². The van der Waals surface area contributed by atoms with Crippen molar-refractivity contribution < 1.29 is 19.1 Å². The summed E-state index contributed by atoms with van der Waals surface area (Å²) < 4.78 is 9.80. The highest BCUT2D eigenvalue weighted by Gasteiger charge is 2.13. The second kappa shape index (κ2) is 7.98. The van der Waals surface area contributed by atoms with Crippen LogP contribution in [0.3, 0.4) is 0 Å². The summed E-state index contributed by atoms with van der Waals surface area (Å²) in [6.07, 6.45) is 0.929. The van der Waals surface area contributed by atoms with Crippen molar-refractivity contribution in [2.75, 3.05) is 19.5 Å². The van der Waals surface area contributed by atoms with E-state index in [1.165, 1.54) is 7.11 Å². The van der Waals surface area contributed by atoms with Gasteiger partial charge < -0.3 is 14.8 Å². The fraction of sp³-hybridized carbons (Fsp3) is 0.222. The summed E-state index contributed by atoms with van der Waals surface area (Å²) in [5, 5.41) is 2.75. The van der Waals surface area contributed by atoms with Gasteiger partial charge in [0.05, 0.1) is 25.5 Å². The number of hydrogen-bond acceptors (Lipinski definition) is 4. The maximum absolute atomic E-state index is 12.1. The molecule has 0 aliphatic rings. The Hall–Kier alpha value is -2.82. The zero-order chi connectivity index (χ0) is 16.7. The Kier molecular flexibility index (Phi) is 5.74. The number of benzene rings is 2. The molecule has 1 N–H and O–H groups in total. The lowest BCUT2D eigenvalue weighted by Crippen LogP contribution is -2.15. The zero-order valence-corrected chi connectivity index (χ0v) is 13.2. The van der Waals surface area contributed by atoms with Gasteiger partial charge in [-0.05, 0) is 36.2 Å². The molecule has 0 aromatic heterocycles. The smallest absolute Gasteiger partial charge is 0.339 e. The third kappa shape index (κ3) is 4.57. The molecule has 0 aliphatic carbocycles. The number of ether oxygens (including phenoxy) is 2. The number of carbonyl (C=O) groups excluding carboxylic acids is 2. The minimum absolute atomic E-state index is 0.155. The van der Waals surface area contributed by atoms with Crippen LogP contribution in [0.2, 0.25) is 0 Å². The number of rotatable bonds is 6. The zero-order valence-electron chi connectivity index (χ0n) is 13.2. The van der Waals surface area contributed by atoms with E-state index in [4.69, 9.17) is 9.47 Å². The third-order valence-corrected chi connectivity index (χ3v) is 3.41. The van der Waals surface area contributed by atoms with Crippen molar-refractivity contribution in [2.45, 2.75) is 12.8 Å². The number of amides is 1. The fourth-order valence-corrected chi connectivity index (χ4v) is 2.14. The van der Waals surface area contributed by atoms with Gasteiger partial charge in [0.2, 0.25) is 5.91 Å². The van der Waals surface area contributed by atoms with Gasteiger partial charge in [-0.15, -0.1) is 0 Å². The van der Waals surface area contributed by atoms with Crippen LogP contribution in [0.25, 0.3) is 0 Å². The van der Waals surface area contributed by atoms with Crippen molar-refractivity contribution in [3.05, 3.63) is 59.7 Å². The van der Waals surface area contributed by atoms with Gasteiger partial charge in [0.1, 0.15) is 5.75 Å². The van der Waals surface area contributed by atoms with Crippen molar-refractivity contribution in [1.29, 1.82) is 0 Å². The van der Waals surface area contributed by atoms with Crippen LogP contribution in [0, 0.1) is 0 Å². The molecular weight excluding hydrogens is 294 g/mol. The summed E-state index contributed by atoms with van der Waals surface area (Å²) >= 11 is 0. The van der Waals surface area contributed by atoms with E-state index < -0.39 is 5.97 Å². The van der Waals surface area contributed by atoms with Crippen LogP contribution >= 0.6 is 0 Å². The predicted octanol–water partition coefficient (Wildman–Crippen LogP) is 3.05. The van der Waals surface area contributed by atoms with E-state index >= 15 is 0 Å². The van der Waals surface area contributed by atoms with Crippen LogP contribution in [-0.2, 0) is 16.0 Å². The second-order valence-corrected chi connectivity index (χ2v) is 4.93. The molecule has 0 spiro atoms. The lowest BCUT2D eigenvalue weighted by atomic mass is 10.1. The normalized spacial score (nSPS) is 10.0. The van der Waals surface area contributed by atoms with E-state index in [0.29, 0.717) is 24.1 Å². The summed E-state index contributed by atoms with van der Waals surface area (Å²) in [6.45, 7) is 0. The Morgan fingerprint density at radius 3 is 2.35 bits per heavy atom. The molecule has 0 heterocycles. The van der Waals surface area contributed by atoms with Crippen molar-refractivity contribution in [2.24, 2.45) is 0 Å². The molecular formula is C18H19NO4. The number of aryl methyl sites for hydroxylation is 1. The van der Waals surface area contributed by atoms with Gasteiger partial charge >= 0.3 is 5.97 Å². The van der Waals surface area contributed by atoms with Gasteiger partial charge in [-0.25, -0.2) is 4.79 Å². The van der Waals surface area contributed by atoms with E-state index in [2.05, 4.69) is 5.32 Å². The molecule has 2 rings (SSSR count). The highest BCUT2D eigenvalue weighted by Crippen LogP contribution is 2.17. The summed E-state index contributed by atoms with van der Waals surface area (Å²) in [6, 6.07) is 14.3. The summed E-state index contributed by atoms with van der Waals surface area (Å²) in [5.41, 5.74) is 1.84. The van der Waals surface area contributed by atoms with Crippen molar-refractivity contribution >= 4 is 17.6 Å². The first-order valence-corrected chi connectivity index (χ1v) is 7.24. The molecule has 0 saturated carbocycles. The molecule has 0 aliphatic heterocycles. The minimum Gasteiger partial charge on any atom is -0.497 e. The molecule has 0 saturated heterocycles. The van der Waals surface area contributed by atoms with Gasteiger partial charge in [-0.2, -0.15) is 0 Å². The fourth-order valence-electron chi connectivity index (χ4n) is 2.14. The first-order valence-electron chi connectivity index (χ1n) is 7.24. The molecule has 0 fully saturated rings. The monoisotopic (exact) mass is 313 g/mol. The van der Waals surface area contributed by atoms with Crippen molar-refractivity contribution in [1.82, 2.24) is 0 Å². The van der Waals surface area contributed by atoms with Gasteiger partial charge in [-0.3, -0.25) is 4.79 Å². The first kappa shape index (κ1) is 16.5. The molecule has 0 bridgehead atoms. The van der Waals surface area contributed by atoms with Crippen LogP contribution in [0.15, 0.2) is 48.5 Å². The number of hydrogen-bond donors (Lipinski definition) is 1. The van der Waals surface area contributed by atoms with E-state index in [1.54, 1.807) is 31.4 Å². The molecule has 5 heteroatoms. The molecule has 0 unspecified atom stereocenters. The van der Waals surface area contributed by atoms with Crippen LogP contribution in [0.1, 0.15) is 22.3 Å². The molecule has 0 atom stereocenters. The van der Waals surface area contributed by atoms with Gasteiger partial charge in [-0.1, -0.05) is 24.3 Å². The average molecular weight is 313 g/mol. The summed E-state index contributed by atoms with van der Waals surface area (Å²) in [7, 11) is 2.92. The summed E-state index contributed by atoms with van der Waals surface area (Å²) in [5.74, 6) is 0.151. The Bertz CT molecular complexity index is 680. The molecule has 2 aromatic carbocycles. The Morgan fingerprint density at radius 1 is 1.00 bits per heavy atom. The second-order valence-electron chi connectivity index (χ2n) is 4.93. The SMILES string of the molecule is COC(=O)c1ccccc1NC(=O)CCc1ccc(OC)cc1. The number of carbonyl (C=O) groups is 2. The van der Waals surface area contributed by atoms with E-state index in [-0.39, 0.29) is 5.91 Å². The van der Waals surface area contributed by atoms with Gasteiger partial charge in [0, 0.05) is 6.42 Å². The van der Waals surface area contributed by atoms with E-state index in [0.717, 1.165) is 11.3 Å². The number of esters is 1. The maximum atomic E-state index is 12.1. The summed E-state index contributed by atoms with van der Waals surface area (Å²) in [4.78, 5) is 23.8. The molecule has 0 radical (unpaired) electrons. The quantitative estimate of drug-likeness (QED) is 0.833. The van der Waals surface area contributed by atoms with Crippen LogP contribution in [0.5, 0.6) is 5.75 Å². The Morgan fingerprint density at radius 2 is 1.70 bits per heavy atom. The first-order chi connectivity index (χ1) is 11.1. The molecule has 1 amide bonds. The van der Waals surface area contributed by atoms with Crippen LogP contribution < -0.4 is 10.1 Å². The minimum atomic E-state index is -0.476. The largest absolute Gasteiger partial charge is 0.497 e. The average Bonchev–Trinajstić information content (AvgIpc) is 2.60. The standard InChI is InChI=1S/C18H19NO4/c1-22-14-10-7-13(8-11-14)9-12-17(20)19-16-6-4-3-5-15(16)18(21)23-2/h3-8,10-11H,9,12H2,1-2H3,(H,19,20). The lowest BCUT2D eigenvalue weighted by Gasteiger charge is -2.09. The predicted molar refractivity (Wildman–Crippen MR) is 87.7 cm³/mol. The maximum Gasteiger partial charge on any atom is 0.339 e. The van der Waals surface area contributed by atoms with Gasteiger partial charge in [0.15, 0.2) is 0 Å².